The smallest absolute Gasteiger partial charge is 0.147 e. The van der Waals surface area contributed by atoms with Crippen molar-refractivity contribution >= 4 is 11.6 Å². The highest BCUT2D eigenvalue weighted by molar-refractivity contribution is 5.38. The van der Waals surface area contributed by atoms with Crippen molar-refractivity contribution in [3.8, 4) is 0 Å². The summed E-state index contributed by atoms with van der Waals surface area (Å²) in [6.45, 7) is 2.65. The minimum Gasteiger partial charge on any atom is -0.382 e. The van der Waals surface area contributed by atoms with Crippen LogP contribution in [0.15, 0.2) is 12.4 Å². The molecule has 13 heavy (non-hydrogen) atoms. The lowest BCUT2D eigenvalue weighted by Crippen LogP contribution is -2.18. The van der Waals surface area contributed by atoms with Gasteiger partial charge in [0.15, 0.2) is 0 Å². The van der Waals surface area contributed by atoms with E-state index in [9.17, 15) is 0 Å². The molecule has 0 saturated heterocycles. The lowest BCUT2D eigenvalue weighted by atomic mass is 10.4. The zero-order valence-electron chi connectivity index (χ0n) is 7.82. The number of hydrogen-bond acceptors (Lipinski definition) is 5. The Kier molecular flexibility index (Phi) is 3.45. The van der Waals surface area contributed by atoms with Crippen molar-refractivity contribution in [2.45, 2.75) is 13.0 Å². The molecular weight excluding hydrogens is 168 g/mol. The van der Waals surface area contributed by atoms with Crippen LogP contribution in [-0.4, -0.2) is 29.7 Å². The molecular formula is C8H14N4O. The van der Waals surface area contributed by atoms with Crippen LogP contribution in [0.1, 0.15) is 6.92 Å². The third-order valence-electron chi connectivity index (χ3n) is 1.63. The summed E-state index contributed by atoms with van der Waals surface area (Å²) < 4.78 is 5.06. The third kappa shape index (κ3) is 3.25. The normalized spacial score (nSPS) is 12.5. The molecule has 1 atom stereocenters. The van der Waals surface area contributed by atoms with E-state index in [4.69, 9.17) is 10.5 Å². The maximum absolute atomic E-state index is 5.45. The van der Waals surface area contributed by atoms with E-state index >= 15 is 0 Å². The third-order valence-corrected chi connectivity index (χ3v) is 1.63. The summed E-state index contributed by atoms with van der Waals surface area (Å²) >= 11 is 0. The molecule has 1 aromatic rings. The van der Waals surface area contributed by atoms with Gasteiger partial charge in [-0.25, -0.2) is 4.98 Å². The van der Waals surface area contributed by atoms with Crippen LogP contribution >= 0.6 is 0 Å². The first-order chi connectivity index (χ1) is 6.22. The van der Waals surface area contributed by atoms with Gasteiger partial charge in [-0.3, -0.25) is 4.98 Å². The van der Waals surface area contributed by atoms with Gasteiger partial charge in [0.05, 0.1) is 18.5 Å². The number of nitrogens with two attached hydrogens (primary N) is 1. The standard InChI is InChI=1S/C8H14N4O/c1-6(13-2)3-11-8-5-10-4-7(9)12-8/h4-6H,3H2,1-2H3,(H3,9,11,12). The van der Waals surface area contributed by atoms with Crippen molar-refractivity contribution in [3.63, 3.8) is 0 Å². The highest BCUT2D eigenvalue weighted by Crippen LogP contribution is 2.02. The molecule has 5 heteroatoms. The highest BCUT2D eigenvalue weighted by atomic mass is 16.5. The Morgan fingerprint density at radius 3 is 3.00 bits per heavy atom. The molecule has 0 aliphatic rings. The first-order valence-corrected chi connectivity index (χ1v) is 4.06. The maximum Gasteiger partial charge on any atom is 0.147 e. The summed E-state index contributed by atoms with van der Waals surface area (Å²) in [5, 5.41) is 3.06. The lowest BCUT2D eigenvalue weighted by molar-refractivity contribution is 0.128. The summed E-state index contributed by atoms with van der Waals surface area (Å²) in [4.78, 5) is 7.93. The number of nitrogens with one attached hydrogen (secondary N) is 1. The number of aromatic nitrogens is 2. The van der Waals surface area contributed by atoms with Crippen LogP contribution in [0.2, 0.25) is 0 Å². The van der Waals surface area contributed by atoms with Crippen molar-refractivity contribution in [3.05, 3.63) is 12.4 Å². The minimum atomic E-state index is 0.142. The van der Waals surface area contributed by atoms with E-state index in [0.29, 0.717) is 18.2 Å². The first-order valence-electron chi connectivity index (χ1n) is 4.06. The van der Waals surface area contributed by atoms with Gasteiger partial charge in [0, 0.05) is 13.7 Å². The van der Waals surface area contributed by atoms with Crippen molar-refractivity contribution < 1.29 is 4.74 Å². The molecule has 0 fully saturated rings. The minimum absolute atomic E-state index is 0.142. The number of nitrogen functional groups attached to an aromatic ring is 1. The van der Waals surface area contributed by atoms with Crippen molar-refractivity contribution in [2.24, 2.45) is 0 Å². The van der Waals surface area contributed by atoms with Gasteiger partial charge in [-0.05, 0) is 6.92 Å². The second kappa shape index (κ2) is 4.61. The fourth-order valence-electron chi connectivity index (χ4n) is 0.798. The van der Waals surface area contributed by atoms with Gasteiger partial charge < -0.3 is 15.8 Å². The zero-order valence-corrected chi connectivity index (χ0v) is 7.82. The molecule has 0 bridgehead atoms. The van der Waals surface area contributed by atoms with Crippen LogP contribution in [-0.2, 0) is 4.74 Å². The molecule has 0 saturated carbocycles. The molecule has 0 spiro atoms. The van der Waals surface area contributed by atoms with E-state index in [-0.39, 0.29) is 6.10 Å². The molecule has 72 valence electrons. The number of rotatable bonds is 4. The topological polar surface area (TPSA) is 73.1 Å². The SMILES string of the molecule is COC(C)CNc1cncc(N)n1. The number of nitrogens with zero attached hydrogens (tertiary/aromatic N) is 2. The second-order valence-electron chi connectivity index (χ2n) is 2.76. The van der Waals surface area contributed by atoms with Gasteiger partial charge in [-0.1, -0.05) is 0 Å². The second-order valence-corrected chi connectivity index (χ2v) is 2.76. The van der Waals surface area contributed by atoms with Crippen LogP contribution in [0, 0.1) is 0 Å². The molecule has 1 unspecified atom stereocenters. The van der Waals surface area contributed by atoms with E-state index in [1.165, 1.54) is 6.20 Å². The van der Waals surface area contributed by atoms with E-state index in [2.05, 4.69) is 15.3 Å². The summed E-state index contributed by atoms with van der Waals surface area (Å²) in [6, 6.07) is 0. The number of ether oxygens (including phenoxy) is 1. The molecule has 1 rings (SSSR count). The van der Waals surface area contributed by atoms with Gasteiger partial charge in [-0.2, -0.15) is 0 Å². The fourth-order valence-corrected chi connectivity index (χ4v) is 0.798. The maximum atomic E-state index is 5.45. The monoisotopic (exact) mass is 182 g/mol. The Balaban J connectivity index is 2.45. The van der Waals surface area contributed by atoms with E-state index < -0.39 is 0 Å². The summed E-state index contributed by atoms with van der Waals surface area (Å²) in [5.41, 5.74) is 5.45. The Labute approximate surface area is 77.3 Å². The van der Waals surface area contributed by atoms with Crippen LogP contribution in [0.3, 0.4) is 0 Å². The largest absolute Gasteiger partial charge is 0.382 e. The molecule has 0 radical (unpaired) electrons. The average Bonchev–Trinajstić information content (AvgIpc) is 2.14. The molecule has 5 nitrogen and oxygen atoms in total. The van der Waals surface area contributed by atoms with Crippen molar-refractivity contribution in [1.82, 2.24) is 9.97 Å². The molecule has 0 aromatic carbocycles. The number of methoxy groups -OCH3 is 1. The Hall–Kier alpha value is -1.36. The summed E-state index contributed by atoms with van der Waals surface area (Å²) in [5.74, 6) is 1.08. The fraction of sp³-hybridized carbons (Fsp3) is 0.500. The van der Waals surface area contributed by atoms with Crippen molar-refractivity contribution in [1.29, 1.82) is 0 Å². The molecule has 0 aliphatic carbocycles. The van der Waals surface area contributed by atoms with Crippen LogP contribution in [0.4, 0.5) is 11.6 Å². The van der Waals surface area contributed by atoms with Gasteiger partial charge in [0.2, 0.25) is 0 Å². The molecule has 1 heterocycles. The number of anilines is 2. The number of hydrogen-bond donors (Lipinski definition) is 2. The van der Waals surface area contributed by atoms with Crippen LogP contribution < -0.4 is 11.1 Å². The molecule has 1 aromatic heterocycles. The Morgan fingerprint density at radius 2 is 2.38 bits per heavy atom. The Morgan fingerprint density at radius 1 is 1.62 bits per heavy atom. The summed E-state index contributed by atoms with van der Waals surface area (Å²) in [7, 11) is 1.66. The Bertz CT molecular complexity index is 266. The molecule has 3 N–H and O–H groups in total. The molecule has 0 aliphatic heterocycles. The molecule has 0 amide bonds. The van der Waals surface area contributed by atoms with E-state index in [1.807, 2.05) is 6.92 Å². The zero-order chi connectivity index (χ0) is 9.68. The quantitative estimate of drug-likeness (QED) is 0.709. The van der Waals surface area contributed by atoms with Gasteiger partial charge in [0.25, 0.3) is 0 Å². The average molecular weight is 182 g/mol. The van der Waals surface area contributed by atoms with Crippen LogP contribution in [0.25, 0.3) is 0 Å². The predicted octanol–water partition coefficient (Wildman–Crippen LogP) is 0.506. The van der Waals surface area contributed by atoms with Gasteiger partial charge in [0.1, 0.15) is 11.6 Å². The van der Waals surface area contributed by atoms with Crippen molar-refractivity contribution in [2.75, 3.05) is 24.7 Å². The van der Waals surface area contributed by atoms with E-state index in [0.717, 1.165) is 0 Å². The van der Waals surface area contributed by atoms with E-state index in [1.54, 1.807) is 13.3 Å². The van der Waals surface area contributed by atoms with Gasteiger partial charge >= 0.3 is 0 Å². The first kappa shape index (κ1) is 9.73. The highest BCUT2D eigenvalue weighted by Gasteiger charge is 1.99. The van der Waals surface area contributed by atoms with Gasteiger partial charge in [-0.15, -0.1) is 0 Å². The predicted molar refractivity (Wildman–Crippen MR) is 51.4 cm³/mol. The van der Waals surface area contributed by atoms with Crippen LogP contribution in [0.5, 0.6) is 0 Å². The summed E-state index contributed by atoms with van der Waals surface area (Å²) in [6.07, 6.45) is 3.27. The lowest BCUT2D eigenvalue weighted by Gasteiger charge is -2.10.